The number of Topliss-reactive ketones (excluding diaryl/α,β-unsaturated/α-hetero) is 1. The summed E-state index contributed by atoms with van der Waals surface area (Å²) in [5.74, 6) is -0.839. The number of nitrogens with zero attached hydrogens (tertiary/aromatic N) is 1. The molecule has 0 saturated heterocycles. The Balaban J connectivity index is 2.95. The Labute approximate surface area is 88.3 Å². The number of pyridine rings is 1. The first kappa shape index (κ1) is 11.8. The minimum absolute atomic E-state index is 0.0878. The lowest BCUT2D eigenvalue weighted by molar-refractivity contribution is 0.0923. The van der Waals surface area contributed by atoms with Crippen LogP contribution in [0.1, 0.15) is 28.0 Å². The number of hydrogen-bond donors (Lipinski definition) is 0. The minimum Gasteiger partial charge on any atom is -0.384 e. The Bertz CT molecular complexity index is 377. The molecule has 0 fully saturated rings. The van der Waals surface area contributed by atoms with E-state index in [0.717, 1.165) is 5.56 Å². The van der Waals surface area contributed by atoms with Gasteiger partial charge in [-0.1, -0.05) is 0 Å². The van der Waals surface area contributed by atoms with Gasteiger partial charge in [-0.15, -0.1) is 0 Å². The van der Waals surface area contributed by atoms with E-state index in [-0.39, 0.29) is 24.5 Å². The van der Waals surface area contributed by atoms with E-state index in [2.05, 4.69) is 4.98 Å². The fourth-order valence-electron chi connectivity index (χ4n) is 1.17. The molecule has 1 aromatic rings. The van der Waals surface area contributed by atoms with Gasteiger partial charge in [-0.2, -0.15) is 0 Å². The molecule has 0 aliphatic heterocycles. The second-order valence-electron chi connectivity index (χ2n) is 3.39. The molecule has 15 heavy (non-hydrogen) atoms. The predicted molar refractivity (Wildman–Crippen MR) is 54.5 cm³/mol. The molecular weight excluding hydrogens is 197 g/mol. The number of rotatable bonds is 4. The number of carbonyl (C=O) groups is 1. The highest BCUT2D eigenvalue weighted by Crippen LogP contribution is 2.14. The van der Waals surface area contributed by atoms with E-state index in [1.165, 1.54) is 13.3 Å². The van der Waals surface area contributed by atoms with Gasteiger partial charge in [0.05, 0.1) is 6.61 Å². The van der Waals surface area contributed by atoms with Crippen molar-refractivity contribution in [3.63, 3.8) is 0 Å². The fourth-order valence-corrected chi connectivity index (χ4v) is 1.17. The molecule has 1 heterocycles. The standard InChI is InChI=1S/C11H14FNO2/c1-7-6-13-11(10(12)8(7)2)9(14)4-5-15-3/h6H,4-5H2,1-3H3. The summed E-state index contributed by atoms with van der Waals surface area (Å²) in [6.45, 7) is 3.68. The third-order valence-electron chi connectivity index (χ3n) is 2.31. The largest absolute Gasteiger partial charge is 0.384 e. The summed E-state index contributed by atoms with van der Waals surface area (Å²) in [5, 5.41) is 0. The van der Waals surface area contributed by atoms with E-state index in [1.54, 1.807) is 13.8 Å². The molecule has 0 amide bonds. The van der Waals surface area contributed by atoms with Crippen LogP contribution >= 0.6 is 0 Å². The number of carbonyl (C=O) groups excluding carboxylic acids is 1. The van der Waals surface area contributed by atoms with Crippen molar-refractivity contribution in [3.05, 3.63) is 28.8 Å². The van der Waals surface area contributed by atoms with Crippen molar-refractivity contribution in [2.45, 2.75) is 20.3 Å². The summed E-state index contributed by atoms with van der Waals surface area (Å²) < 4.78 is 18.4. The van der Waals surface area contributed by atoms with Gasteiger partial charge < -0.3 is 4.74 Å². The number of halogens is 1. The van der Waals surface area contributed by atoms with Gasteiger partial charge in [-0.05, 0) is 25.0 Å². The summed E-state index contributed by atoms with van der Waals surface area (Å²) in [6, 6.07) is 0. The van der Waals surface area contributed by atoms with Crippen molar-refractivity contribution in [1.82, 2.24) is 4.98 Å². The van der Waals surface area contributed by atoms with Crippen molar-refractivity contribution in [2.75, 3.05) is 13.7 Å². The number of aryl methyl sites for hydroxylation is 1. The van der Waals surface area contributed by atoms with Crippen molar-refractivity contribution in [1.29, 1.82) is 0 Å². The first-order valence-corrected chi connectivity index (χ1v) is 4.71. The van der Waals surface area contributed by atoms with Crippen LogP contribution in [0.2, 0.25) is 0 Å². The SMILES string of the molecule is COCCC(=O)c1ncc(C)c(C)c1F. The Morgan fingerprint density at radius 3 is 2.80 bits per heavy atom. The molecule has 0 aliphatic carbocycles. The molecule has 0 aromatic carbocycles. The third-order valence-corrected chi connectivity index (χ3v) is 2.31. The highest BCUT2D eigenvalue weighted by atomic mass is 19.1. The molecule has 0 spiro atoms. The van der Waals surface area contributed by atoms with E-state index in [9.17, 15) is 9.18 Å². The maximum absolute atomic E-state index is 13.6. The molecule has 0 radical (unpaired) electrons. The molecule has 3 nitrogen and oxygen atoms in total. The van der Waals surface area contributed by atoms with Gasteiger partial charge >= 0.3 is 0 Å². The molecule has 0 saturated carbocycles. The third kappa shape index (κ3) is 2.59. The first-order chi connectivity index (χ1) is 7.07. The van der Waals surface area contributed by atoms with Crippen LogP contribution in [0.3, 0.4) is 0 Å². The Kier molecular flexibility index (Phi) is 3.91. The van der Waals surface area contributed by atoms with Gasteiger partial charge in [-0.3, -0.25) is 4.79 Å². The fraction of sp³-hybridized carbons (Fsp3) is 0.455. The van der Waals surface area contributed by atoms with Gasteiger partial charge in [0.25, 0.3) is 0 Å². The lowest BCUT2D eigenvalue weighted by atomic mass is 10.1. The maximum atomic E-state index is 13.6. The average Bonchev–Trinajstić information content (AvgIpc) is 2.23. The Morgan fingerprint density at radius 2 is 2.20 bits per heavy atom. The molecular formula is C11H14FNO2. The molecule has 1 aromatic heterocycles. The van der Waals surface area contributed by atoms with E-state index >= 15 is 0 Å². The Hall–Kier alpha value is -1.29. The number of aromatic nitrogens is 1. The zero-order valence-electron chi connectivity index (χ0n) is 9.13. The lowest BCUT2D eigenvalue weighted by Crippen LogP contribution is -2.10. The summed E-state index contributed by atoms with van der Waals surface area (Å²) >= 11 is 0. The molecule has 0 aliphatic rings. The quantitative estimate of drug-likeness (QED) is 0.715. The molecule has 82 valence electrons. The number of hydrogen-bond acceptors (Lipinski definition) is 3. The smallest absolute Gasteiger partial charge is 0.186 e. The van der Waals surface area contributed by atoms with Crippen molar-refractivity contribution in [3.8, 4) is 0 Å². The second-order valence-corrected chi connectivity index (χ2v) is 3.39. The van der Waals surface area contributed by atoms with E-state index in [4.69, 9.17) is 4.74 Å². The number of methoxy groups -OCH3 is 1. The summed E-state index contributed by atoms with van der Waals surface area (Å²) in [7, 11) is 1.50. The summed E-state index contributed by atoms with van der Waals surface area (Å²) in [6.07, 6.45) is 1.67. The molecule has 0 bridgehead atoms. The molecule has 4 heteroatoms. The Morgan fingerprint density at radius 1 is 1.53 bits per heavy atom. The summed E-state index contributed by atoms with van der Waals surface area (Å²) in [5.41, 5.74) is 1.14. The zero-order valence-corrected chi connectivity index (χ0v) is 9.13. The number of ketones is 1. The zero-order chi connectivity index (χ0) is 11.4. The van der Waals surface area contributed by atoms with Crippen LogP contribution in [0.25, 0.3) is 0 Å². The van der Waals surface area contributed by atoms with Gasteiger partial charge in [0.1, 0.15) is 5.69 Å². The monoisotopic (exact) mass is 211 g/mol. The second kappa shape index (κ2) is 4.98. The minimum atomic E-state index is -0.517. The highest BCUT2D eigenvalue weighted by molar-refractivity contribution is 5.94. The maximum Gasteiger partial charge on any atom is 0.186 e. The topological polar surface area (TPSA) is 39.2 Å². The average molecular weight is 211 g/mol. The van der Waals surface area contributed by atoms with Crippen LogP contribution in [-0.2, 0) is 4.74 Å². The predicted octanol–water partition coefficient (Wildman–Crippen LogP) is 2.06. The highest BCUT2D eigenvalue weighted by Gasteiger charge is 2.15. The van der Waals surface area contributed by atoms with Gasteiger partial charge in [0.2, 0.25) is 0 Å². The first-order valence-electron chi connectivity index (χ1n) is 4.71. The van der Waals surface area contributed by atoms with E-state index < -0.39 is 5.82 Å². The van der Waals surface area contributed by atoms with Crippen molar-refractivity contribution in [2.24, 2.45) is 0 Å². The van der Waals surface area contributed by atoms with Crippen LogP contribution in [-0.4, -0.2) is 24.5 Å². The van der Waals surface area contributed by atoms with Crippen LogP contribution in [0.15, 0.2) is 6.20 Å². The van der Waals surface area contributed by atoms with Gasteiger partial charge in [0.15, 0.2) is 11.6 Å². The van der Waals surface area contributed by atoms with Gasteiger partial charge in [0, 0.05) is 19.7 Å². The number of ether oxygens (including phenoxy) is 1. The van der Waals surface area contributed by atoms with Crippen molar-refractivity contribution < 1.29 is 13.9 Å². The van der Waals surface area contributed by atoms with Crippen LogP contribution in [0.5, 0.6) is 0 Å². The molecule has 0 unspecified atom stereocenters. The van der Waals surface area contributed by atoms with E-state index in [1.807, 2.05) is 0 Å². The lowest BCUT2D eigenvalue weighted by Gasteiger charge is -2.05. The van der Waals surface area contributed by atoms with Gasteiger partial charge in [-0.25, -0.2) is 9.37 Å². The molecule has 1 rings (SSSR count). The molecule has 0 N–H and O–H groups in total. The van der Waals surface area contributed by atoms with Crippen LogP contribution in [0, 0.1) is 19.7 Å². The summed E-state index contributed by atoms with van der Waals surface area (Å²) in [4.78, 5) is 15.3. The van der Waals surface area contributed by atoms with Crippen LogP contribution in [0.4, 0.5) is 4.39 Å². The van der Waals surface area contributed by atoms with E-state index in [0.29, 0.717) is 5.56 Å². The van der Waals surface area contributed by atoms with Crippen molar-refractivity contribution >= 4 is 5.78 Å². The molecule has 0 atom stereocenters. The van der Waals surface area contributed by atoms with Crippen LogP contribution < -0.4 is 0 Å². The normalized spacial score (nSPS) is 10.4.